The molecule has 0 saturated heterocycles. The Morgan fingerprint density at radius 2 is 1.72 bits per heavy atom. The van der Waals surface area contributed by atoms with Gasteiger partial charge in [-0.25, -0.2) is 12.8 Å². The molecule has 0 aromatic heterocycles. The number of anilines is 1. The van der Waals surface area contributed by atoms with E-state index < -0.39 is 28.3 Å². The summed E-state index contributed by atoms with van der Waals surface area (Å²) in [6.45, 7) is 1.70. The van der Waals surface area contributed by atoms with Gasteiger partial charge in [-0.05, 0) is 55.5 Å². The second kappa shape index (κ2) is 7.98. The number of hydrogen-bond donors (Lipinski definition) is 1. The van der Waals surface area contributed by atoms with Gasteiger partial charge in [-0.3, -0.25) is 9.10 Å². The molecule has 0 aliphatic heterocycles. The summed E-state index contributed by atoms with van der Waals surface area (Å²) in [6.07, 6.45) is 0. The number of ether oxygens (including phenoxy) is 1. The van der Waals surface area contributed by atoms with Gasteiger partial charge in [0.15, 0.2) is 0 Å². The molecule has 0 saturated carbocycles. The van der Waals surface area contributed by atoms with Gasteiger partial charge in [0.1, 0.15) is 18.1 Å². The quantitative estimate of drug-likeness (QED) is 0.815. The highest BCUT2D eigenvalue weighted by Gasteiger charge is 2.27. The minimum Gasteiger partial charge on any atom is -0.497 e. The Morgan fingerprint density at radius 3 is 2.24 bits per heavy atom. The van der Waals surface area contributed by atoms with E-state index in [-0.39, 0.29) is 10.6 Å². The summed E-state index contributed by atoms with van der Waals surface area (Å²) in [4.78, 5) is 12.0. The number of carbonyl (C=O) groups excluding carboxylic acids is 1. The number of nitrogens with zero attached hydrogens (tertiary/aromatic N) is 1. The van der Waals surface area contributed by atoms with Gasteiger partial charge in [0.25, 0.3) is 10.0 Å². The molecule has 0 radical (unpaired) electrons. The van der Waals surface area contributed by atoms with Gasteiger partial charge >= 0.3 is 0 Å². The maximum absolute atomic E-state index is 13.2. The Kier molecular flexibility index (Phi) is 5.97. The molecular formula is C17H19FN2O4S. The first-order valence-electron chi connectivity index (χ1n) is 7.57. The SMILES string of the molecule is CCNC(=O)CN(c1ccc(F)cc1)S(=O)(=O)c1ccc(OC)cc1. The number of nitrogens with one attached hydrogen (secondary N) is 1. The van der Waals surface area contributed by atoms with Crippen molar-refractivity contribution < 1.29 is 22.3 Å². The van der Waals surface area contributed by atoms with Gasteiger partial charge in [-0.15, -0.1) is 0 Å². The van der Waals surface area contributed by atoms with Gasteiger partial charge in [-0.1, -0.05) is 0 Å². The van der Waals surface area contributed by atoms with E-state index in [2.05, 4.69) is 5.32 Å². The molecule has 25 heavy (non-hydrogen) atoms. The normalized spacial score (nSPS) is 11.0. The Hall–Kier alpha value is -2.61. The number of sulfonamides is 1. The van der Waals surface area contributed by atoms with E-state index in [0.717, 1.165) is 16.4 Å². The lowest BCUT2D eigenvalue weighted by Gasteiger charge is -2.24. The zero-order valence-corrected chi connectivity index (χ0v) is 14.7. The van der Waals surface area contributed by atoms with Gasteiger partial charge in [0.05, 0.1) is 17.7 Å². The molecule has 134 valence electrons. The van der Waals surface area contributed by atoms with E-state index in [1.165, 1.54) is 43.5 Å². The number of carbonyl (C=O) groups is 1. The maximum atomic E-state index is 13.2. The number of rotatable bonds is 7. The average Bonchev–Trinajstić information content (AvgIpc) is 2.61. The van der Waals surface area contributed by atoms with Crippen LogP contribution in [0, 0.1) is 5.82 Å². The maximum Gasteiger partial charge on any atom is 0.264 e. The molecule has 0 aliphatic carbocycles. The third-order valence-electron chi connectivity index (χ3n) is 3.42. The number of halogens is 1. The first kappa shape index (κ1) is 18.7. The molecule has 0 fully saturated rings. The first-order valence-corrected chi connectivity index (χ1v) is 9.01. The Balaban J connectivity index is 2.44. The van der Waals surface area contributed by atoms with Crippen LogP contribution in [0.15, 0.2) is 53.4 Å². The van der Waals surface area contributed by atoms with Crippen LogP contribution in [0.3, 0.4) is 0 Å². The van der Waals surface area contributed by atoms with E-state index >= 15 is 0 Å². The van der Waals surface area contributed by atoms with Crippen molar-refractivity contribution in [1.29, 1.82) is 0 Å². The van der Waals surface area contributed by atoms with E-state index in [1.807, 2.05) is 0 Å². The third-order valence-corrected chi connectivity index (χ3v) is 5.21. The van der Waals surface area contributed by atoms with Crippen LogP contribution < -0.4 is 14.4 Å². The van der Waals surface area contributed by atoms with Crippen molar-refractivity contribution >= 4 is 21.6 Å². The molecule has 1 N–H and O–H groups in total. The van der Waals surface area contributed by atoms with Crippen LogP contribution in [0.2, 0.25) is 0 Å². The Morgan fingerprint density at radius 1 is 1.12 bits per heavy atom. The van der Waals surface area contributed by atoms with Crippen molar-refractivity contribution in [3.8, 4) is 5.75 Å². The lowest BCUT2D eigenvalue weighted by Crippen LogP contribution is -2.40. The molecule has 2 aromatic rings. The van der Waals surface area contributed by atoms with Gasteiger partial charge in [0, 0.05) is 6.54 Å². The lowest BCUT2D eigenvalue weighted by molar-refractivity contribution is -0.119. The third kappa shape index (κ3) is 4.48. The van der Waals surface area contributed by atoms with Gasteiger partial charge in [-0.2, -0.15) is 0 Å². The van der Waals surface area contributed by atoms with Gasteiger partial charge in [0.2, 0.25) is 5.91 Å². The fourth-order valence-electron chi connectivity index (χ4n) is 2.18. The number of benzene rings is 2. The zero-order valence-electron chi connectivity index (χ0n) is 13.9. The number of amides is 1. The van der Waals surface area contributed by atoms with Crippen LogP contribution in [0.1, 0.15) is 6.92 Å². The van der Waals surface area contributed by atoms with Crippen molar-refractivity contribution in [2.75, 3.05) is 24.5 Å². The van der Waals surface area contributed by atoms with Crippen LogP contribution in [-0.2, 0) is 14.8 Å². The molecule has 0 aliphatic rings. The van der Waals surface area contributed by atoms with Crippen LogP contribution in [0.4, 0.5) is 10.1 Å². The second-order valence-electron chi connectivity index (χ2n) is 5.12. The Labute approximate surface area is 146 Å². The highest BCUT2D eigenvalue weighted by Crippen LogP contribution is 2.25. The second-order valence-corrected chi connectivity index (χ2v) is 6.98. The Bertz CT molecular complexity index is 821. The topological polar surface area (TPSA) is 75.7 Å². The molecule has 6 nitrogen and oxygen atoms in total. The largest absolute Gasteiger partial charge is 0.497 e. The summed E-state index contributed by atoms with van der Waals surface area (Å²) in [5, 5.41) is 2.56. The van der Waals surface area contributed by atoms with Gasteiger partial charge < -0.3 is 10.1 Å². The molecule has 0 bridgehead atoms. The van der Waals surface area contributed by atoms with E-state index in [9.17, 15) is 17.6 Å². The molecule has 0 unspecified atom stereocenters. The van der Waals surface area contributed by atoms with Crippen molar-refractivity contribution in [2.24, 2.45) is 0 Å². The highest BCUT2D eigenvalue weighted by molar-refractivity contribution is 7.92. The predicted molar refractivity (Wildman–Crippen MR) is 92.6 cm³/mol. The summed E-state index contributed by atoms with van der Waals surface area (Å²) in [5.74, 6) is -0.441. The van der Waals surface area contributed by atoms with Crippen molar-refractivity contribution in [1.82, 2.24) is 5.32 Å². The molecule has 0 spiro atoms. The monoisotopic (exact) mass is 366 g/mol. The number of hydrogen-bond acceptors (Lipinski definition) is 4. The molecule has 2 aromatic carbocycles. The lowest BCUT2D eigenvalue weighted by atomic mass is 10.3. The average molecular weight is 366 g/mol. The van der Waals surface area contributed by atoms with E-state index in [1.54, 1.807) is 6.92 Å². The van der Waals surface area contributed by atoms with E-state index in [4.69, 9.17) is 4.74 Å². The number of methoxy groups -OCH3 is 1. The summed E-state index contributed by atoms with van der Waals surface area (Å²) < 4.78 is 45.1. The first-order chi connectivity index (χ1) is 11.9. The van der Waals surface area contributed by atoms with Crippen LogP contribution in [0.25, 0.3) is 0 Å². The van der Waals surface area contributed by atoms with Crippen LogP contribution >= 0.6 is 0 Å². The smallest absolute Gasteiger partial charge is 0.264 e. The van der Waals surface area contributed by atoms with Crippen molar-refractivity contribution in [3.05, 3.63) is 54.3 Å². The molecular weight excluding hydrogens is 347 g/mol. The molecule has 0 heterocycles. The number of likely N-dealkylation sites (N-methyl/N-ethyl adjacent to an activating group) is 1. The fraction of sp³-hybridized carbons (Fsp3) is 0.235. The van der Waals surface area contributed by atoms with E-state index in [0.29, 0.717) is 12.3 Å². The fourth-order valence-corrected chi connectivity index (χ4v) is 3.60. The predicted octanol–water partition coefficient (Wildman–Crippen LogP) is 2.17. The molecule has 8 heteroatoms. The molecule has 0 atom stereocenters. The highest BCUT2D eigenvalue weighted by atomic mass is 32.2. The minimum absolute atomic E-state index is 0.00178. The van der Waals surface area contributed by atoms with Crippen LogP contribution in [0.5, 0.6) is 5.75 Å². The molecule has 1 amide bonds. The zero-order chi connectivity index (χ0) is 18.4. The summed E-state index contributed by atoms with van der Waals surface area (Å²) in [7, 11) is -2.54. The van der Waals surface area contributed by atoms with Crippen molar-refractivity contribution in [3.63, 3.8) is 0 Å². The molecule has 2 rings (SSSR count). The minimum atomic E-state index is -4.01. The van der Waals surface area contributed by atoms with Crippen LogP contribution in [-0.4, -0.2) is 34.5 Å². The summed E-state index contributed by atoms with van der Waals surface area (Å²) in [5.41, 5.74) is 0.198. The standard InChI is InChI=1S/C17H19FN2O4S/c1-3-19-17(21)12-20(14-6-4-13(18)5-7-14)25(22,23)16-10-8-15(24-2)9-11-16/h4-11H,3,12H2,1-2H3,(H,19,21). The summed E-state index contributed by atoms with van der Waals surface area (Å²) >= 11 is 0. The van der Waals surface area contributed by atoms with Crippen molar-refractivity contribution in [2.45, 2.75) is 11.8 Å². The summed E-state index contributed by atoms with van der Waals surface area (Å²) in [6, 6.07) is 10.7.